The van der Waals surface area contributed by atoms with Crippen LogP contribution in [0.3, 0.4) is 0 Å². The zero-order valence-electron chi connectivity index (χ0n) is 18.1. The Morgan fingerprint density at radius 2 is 2.06 bits per heavy atom. The topological polar surface area (TPSA) is 70.9 Å². The van der Waals surface area contributed by atoms with Crippen molar-refractivity contribution in [1.29, 1.82) is 0 Å². The number of pyridine rings is 1. The first kappa shape index (κ1) is 20.2. The number of aromatic nitrogens is 5. The fraction of sp³-hybridized carbons (Fsp3) is 0.240. The largest absolute Gasteiger partial charge is 0.367 e. The van der Waals surface area contributed by atoms with Crippen LogP contribution in [0, 0.1) is 5.82 Å². The molecule has 1 aromatic carbocycles. The number of fused-ring (bicyclic) bond motifs is 2. The van der Waals surface area contributed by atoms with Crippen LogP contribution in [0.4, 0.5) is 10.2 Å². The fourth-order valence-electron chi connectivity index (χ4n) is 4.04. The fourth-order valence-corrected chi connectivity index (χ4v) is 4.04. The number of halogens is 1. The molecular formula is C25H25FN6. The number of aromatic amines is 1. The number of rotatable bonds is 7. The molecule has 0 spiro atoms. The van der Waals surface area contributed by atoms with E-state index in [-0.39, 0.29) is 5.82 Å². The molecule has 6 nitrogen and oxygen atoms in total. The average Bonchev–Trinajstić information content (AvgIpc) is 3.43. The molecule has 4 aromatic heterocycles. The molecule has 0 saturated heterocycles. The minimum absolute atomic E-state index is 0.338. The van der Waals surface area contributed by atoms with E-state index in [1.165, 1.54) is 23.2 Å². The van der Waals surface area contributed by atoms with E-state index in [0.717, 1.165) is 29.7 Å². The summed E-state index contributed by atoms with van der Waals surface area (Å²) in [7, 11) is 0. The number of H-pyrrole nitrogens is 1. The van der Waals surface area contributed by atoms with Crippen LogP contribution in [-0.2, 0) is 6.42 Å². The molecule has 0 radical (unpaired) electrons. The van der Waals surface area contributed by atoms with Crippen LogP contribution in [0.15, 0.2) is 61.3 Å². The summed E-state index contributed by atoms with van der Waals surface area (Å²) in [5, 5.41) is 4.69. The lowest BCUT2D eigenvalue weighted by Crippen LogP contribution is -2.09. The lowest BCUT2D eigenvalue weighted by atomic mass is 10.1. The van der Waals surface area contributed by atoms with Crippen molar-refractivity contribution in [3.63, 3.8) is 0 Å². The highest BCUT2D eigenvalue weighted by Gasteiger charge is 2.16. The minimum atomic E-state index is -0.383. The van der Waals surface area contributed by atoms with Crippen LogP contribution in [-0.4, -0.2) is 30.9 Å². The molecule has 1 unspecified atom stereocenters. The van der Waals surface area contributed by atoms with Crippen molar-refractivity contribution in [2.45, 2.75) is 32.6 Å². The number of imidazole rings is 1. The van der Waals surface area contributed by atoms with Gasteiger partial charge in [0.25, 0.3) is 0 Å². The van der Waals surface area contributed by atoms with Crippen molar-refractivity contribution < 1.29 is 4.39 Å². The number of hydrogen-bond donors (Lipinski definition) is 2. The Morgan fingerprint density at radius 3 is 2.91 bits per heavy atom. The van der Waals surface area contributed by atoms with Crippen molar-refractivity contribution in [3.8, 4) is 11.3 Å². The highest BCUT2D eigenvalue weighted by molar-refractivity contribution is 5.83. The lowest BCUT2D eigenvalue weighted by molar-refractivity contribution is 0.622. The van der Waals surface area contributed by atoms with Gasteiger partial charge in [-0.3, -0.25) is 9.38 Å². The van der Waals surface area contributed by atoms with Gasteiger partial charge in [-0.15, -0.1) is 0 Å². The Morgan fingerprint density at radius 1 is 1.19 bits per heavy atom. The highest BCUT2D eigenvalue weighted by Crippen LogP contribution is 2.27. The van der Waals surface area contributed by atoms with Gasteiger partial charge in [0.1, 0.15) is 5.82 Å². The molecule has 5 rings (SSSR count). The predicted molar refractivity (Wildman–Crippen MR) is 125 cm³/mol. The SMILES string of the molecule is CCC(C)c1cnc2c(NCCc3c[nH]c4ccccc34)nc(-c3cncc(F)c3)cn12. The second kappa shape index (κ2) is 8.42. The number of benzene rings is 1. The van der Waals surface area contributed by atoms with Gasteiger partial charge in [0.2, 0.25) is 0 Å². The van der Waals surface area contributed by atoms with E-state index in [4.69, 9.17) is 4.98 Å². The Kier molecular flexibility index (Phi) is 5.31. The van der Waals surface area contributed by atoms with Gasteiger partial charge < -0.3 is 10.3 Å². The van der Waals surface area contributed by atoms with Crippen molar-refractivity contribution in [2.75, 3.05) is 11.9 Å². The molecule has 162 valence electrons. The smallest absolute Gasteiger partial charge is 0.180 e. The van der Waals surface area contributed by atoms with Gasteiger partial charge in [-0.1, -0.05) is 32.0 Å². The van der Waals surface area contributed by atoms with Gasteiger partial charge in [0.15, 0.2) is 11.5 Å². The summed E-state index contributed by atoms with van der Waals surface area (Å²) in [5.41, 5.74) is 5.55. The Balaban J connectivity index is 1.50. The van der Waals surface area contributed by atoms with E-state index in [1.54, 1.807) is 6.20 Å². The first-order valence-electron chi connectivity index (χ1n) is 10.9. The molecule has 0 saturated carbocycles. The molecular weight excluding hydrogens is 403 g/mol. The molecule has 0 aliphatic rings. The molecule has 5 aromatic rings. The van der Waals surface area contributed by atoms with Crippen LogP contribution in [0.1, 0.15) is 37.4 Å². The van der Waals surface area contributed by atoms with E-state index in [1.807, 2.05) is 18.5 Å². The maximum Gasteiger partial charge on any atom is 0.180 e. The molecule has 1 atom stereocenters. The molecule has 0 amide bonds. The lowest BCUT2D eigenvalue weighted by Gasteiger charge is -2.13. The van der Waals surface area contributed by atoms with Gasteiger partial charge in [-0.2, -0.15) is 0 Å². The maximum atomic E-state index is 13.8. The van der Waals surface area contributed by atoms with E-state index in [9.17, 15) is 4.39 Å². The Bertz CT molecular complexity index is 1390. The zero-order chi connectivity index (χ0) is 22.1. The predicted octanol–water partition coefficient (Wildman–Crippen LogP) is 5.58. The summed E-state index contributed by atoms with van der Waals surface area (Å²) in [5.74, 6) is 0.636. The van der Waals surface area contributed by atoms with Crippen molar-refractivity contribution in [1.82, 2.24) is 24.3 Å². The van der Waals surface area contributed by atoms with Crippen LogP contribution in [0.25, 0.3) is 27.8 Å². The standard InChI is InChI=1S/C25H25FN6/c1-3-16(2)23-14-30-25-24(28-9-8-17-12-29-21-7-5-4-6-20(17)21)31-22(15-32(23)25)18-10-19(26)13-27-11-18/h4-7,10-16,29H,3,8-9H2,1-2H3,(H,28,31). The second-order valence-corrected chi connectivity index (χ2v) is 8.09. The van der Waals surface area contributed by atoms with Crippen molar-refractivity contribution in [2.24, 2.45) is 0 Å². The van der Waals surface area contributed by atoms with Gasteiger partial charge in [0, 0.05) is 53.5 Å². The van der Waals surface area contributed by atoms with Gasteiger partial charge in [-0.05, 0) is 36.5 Å². The third-order valence-corrected chi connectivity index (χ3v) is 6.00. The molecule has 0 aliphatic carbocycles. The summed E-state index contributed by atoms with van der Waals surface area (Å²) < 4.78 is 15.9. The van der Waals surface area contributed by atoms with Crippen LogP contribution in [0.5, 0.6) is 0 Å². The van der Waals surface area contributed by atoms with Gasteiger partial charge in [0.05, 0.1) is 11.9 Å². The number of nitrogens with one attached hydrogen (secondary N) is 2. The van der Waals surface area contributed by atoms with E-state index >= 15 is 0 Å². The highest BCUT2D eigenvalue weighted by atomic mass is 19.1. The number of hydrogen-bond acceptors (Lipinski definition) is 4. The molecule has 4 heterocycles. The molecule has 2 N–H and O–H groups in total. The summed E-state index contributed by atoms with van der Waals surface area (Å²) in [6.07, 6.45) is 10.5. The van der Waals surface area contributed by atoms with E-state index < -0.39 is 0 Å². The quantitative estimate of drug-likeness (QED) is 0.355. The molecule has 7 heteroatoms. The minimum Gasteiger partial charge on any atom is -0.367 e. The van der Waals surface area contributed by atoms with E-state index in [0.29, 0.717) is 29.5 Å². The second-order valence-electron chi connectivity index (χ2n) is 8.09. The third-order valence-electron chi connectivity index (χ3n) is 6.00. The summed E-state index contributed by atoms with van der Waals surface area (Å²) in [4.78, 5) is 16.7. The first-order valence-corrected chi connectivity index (χ1v) is 10.9. The summed E-state index contributed by atoms with van der Waals surface area (Å²) in [6, 6.07) is 9.74. The first-order chi connectivity index (χ1) is 15.6. The normalized spacial score (nSPS) is 12.5. The third kappa shape index (κ3) is 3.70. The molecule has 0 aliphatic heterocycles. The van der Waals surface area contributed by atoms with Gasteiger partial charge in [-0.25, -0.2) is 14.4 Å². The molecule has 0 fully saturated rings. The number of nitrogens with zero attached hydrogens (tertiary/aromatic N) is 4. The van der Waals surface area contributed by atoms with Crippen molar-refractivity contribution >= 4 is 22.4 Å². The Labute approximate surface area is 185 Å². The van der Waals surface area contributed by atoms with E-state index in [2.05, 4.69) is 62.9 Å². The number of para-hydroxylation sites is 1. The summed E-state index contributed by atoms with van der Waals surface area (Å²) >= 11 is 0. The van der Waals surface area contributed by atoms with Crippen LogP contribution >= 0.6 is 0 Å². The van der Waals surface area contributed by atoms with Crippen molar-refractivity contribution in [3.05, 3.63) is 78.4 Å². The zero-order valence-corrected chi connectivity index (χ0v) is 18.1. The van der Waals surface area contributed by atoms with Crippen LogP contribution in [0.2, 0.25) is 0 Å². The maximum absolute atomic E-state index is 13.8. The average molecular weight is 429 g/mol. The molecule has 0 bridgehead atoms. The van der Waals surface area contributed by atoms with Crippen LogP contribution < -0.4 is 5.32 Å². The summed E-state index contributed by atoms with van der Waals surface area (Å²) in [6.45, 7) is 5.03. The Hall–Kier alpha value is -3.74. The monoisotopic (exact) mass is 428 g/mol. The molecule has 32 heavy (non-hydrogen) atoms. The number of anilines is 1. The van der Waals surface area contributed by atoms with Gasteiger partial charge >= 0.3 is 0 Å².